The maximum atomic E-state index is 13.2. The SMILES string of the molecule is CCCOc1cc2c(Br)c(c1)Cc1cc(OCCC)cc(c1Br)Cc1cc(OCCC)cc(c1C(=O)O)Cc1cc(OCCC)cc(c1Br)C2. The van der Waals surface area contributed by atoms with E-state index in [1.54, 1.807) is 0 Å². The smallest absolute Gasteiger partial charge is 0.336 e. The second-order valence-electron chi connectivity index (χ2n) is 12.7. The molecule has 0 unspecified atom stereocenters. The minimum atomic E-state index is -0.971. The first-order valence-corrected chi connectivity index (χ1v) is 19.9. The van der Waals surface area contributed by atoms with Gasteiger partial charge in [-0.3, -0.25) is 0 Å². The molecule has 0 aromatic heterocycles. The van der Waals surface area contributed by atoms with E-state index in [9.17, 15) is 9.90 Å². The summed E-state index contributed by atoms with van der Waals surface area (Å²) in [7, 11) is 0. The molecule has 6 nitrogen and oxygen atoms in total. The molecule has 0 saturated heterocycles. The maximum absolute atomic E-state index is 13.2. The van der Waals surface area contributed by atoms with Gasteiger partial charge in [-0.05, 0) is 144 Å². The van der Waals surface area contributed by atoms with E-state index in [-0.39, 0.29) is 5.56 Å². The van der Waals surface area contributed by atoms with E-state index >= 15 is 0 Å². The van der Waals surface area contributed by atoms with Crippen molar-refractivity contribution in [3.8, 4) is 23.0 Å². The Balaban J connectivity index is 1.81. The molecule has 50 heavy (non-hydrogen) atoms. The Kier molecular flexibility index (Phi) is 13.7. The zero-order valence-electron chi connectivity index (χ0n) is 29.2. The number of fused-ring (bicyclic) bond motifs is 8. The van der Waals surface area contributed by atoms with Crippen LogP contribution in [-0.4, -0.2) is 37.5 Å². The van der Waals surface area contributed by atoms with E-state index in [4.69, 9.17) is 18.9 Å². The molecule has 4 aromatic carbocycles. The fraction of sp³-hybridized carbons (Fsp3) is 0.390. The van der Waals surface area contributed by atoms with Crippen molar-refractivity contribution < 1.29 is 28.8 Å². The third-order valence-electron chi connectivity index (χ3n) is 8.49. The minimum absolute atomic E-state index is 0.285. The molecule has 266 valence electrons. The molecule has 1 aliphatic rings. The highest BCUT2D eigenvalue weighted by Crippen LogP contribution is 2.40. The summed E-state index contributed by atoms with van der Waals surface area (Å²) in [6.07, 6.45) is 5.41. The number of carbonyl (C=O) groups is 1. The average molecular weight is 874 g/mol. The van der Waals surface area contributed by atoms with Gasteiger partial charge in [0.05, 0.1) is 32.0 Å². The van der Waals surface area contributed by atoms with Crippen LogP contribution in [0.5, 0.6) is 23.0 Å². The third kappa shape index (κ3) is 9.25. The molecule has 1 aliphatic carbocycles. The van der Waals surface area contributed by atoms with Gasteiger partial charge in [-0.1, -0.05) is 75.5 Å². The van der Waals surface area contributed by atoms with Gasteiger partial charge in [-0.2, -0.15) is 0 Å². The number of hydrogen-bond donors (Lipinski definition) is 1. The lowest BCUT2D eigenvalue weighted by Crippen LogP contribution is -2.11. The van der Waals surface area contributed by atoms with Gasteiger partial charge in [0.15, 0.2) is 0 Å². The monoisotopic (exact) mass is 870 g/mol. The number of carboxylic acid groups (broad SMARTS) is 1. The molecule has 0 fully saturated rings. The number of rotatable bonds is 13. The van der Waals surface area contributed by atoms with E-state index in [1.165, 1.54) is 0 Å². The fourth-order valence-electron chi connectivity index (χ4n) is 6.25. The first kappa shape index (κ1) is 38.2. The second-order valence-corrected chi connectivity index (χ2v) is 15.1. The van der Waals surface area contributed by atoms with Gasteiger partial charge < -0.3 is 24.1 Å². The summed E-state index contributed by atoms with van der Waals surface area (Å²) in [6, 6.07) is 16.2. The standard InChI is InChI=1S/C41H45Br3O6/c1-5-9-47-33-17-25-13-27-19-34(48-10-6-2)21-29(38(27)42)15-31-23-36(50-12-8-4)24-32(40(31)44)16-30-22-35(49-11-7-3)20-28(39(30)43)14-26(18-33)37(25)41(45)46/h17-24H,5-16H2,1-4H3,(H,45,46). The fourth-order valence-corrected chi connectivity index (χ4v) is 7.78. The van der Waals surface area contributed by atoms with Gasteiger partial charge in [-0.25, -0.2) is 4.79 Å². The molecule has 0 heterocycles. The zero-order chi connectivity index (χ0) is 35.8. The van der Waals surface area contributed by atoms with Crippen molar-refractivity contribution in [3.05, 3.63) is 112 Å². The topological polar surface area (TPSA) is 74.2 Å². The van der Waals surface area contributed by atoms with Crippen LogP contribution in [0.4, 0.5) is 0 Å². The Hall–Kier alpha value is -3.01. The lowest BCUT2D eigenvalue weighted by atomic mass is 9.89. The van der Waals surface area contributed by atoms with Crippen LogP contribution in [0.25, 0.3) is 0 Å². The Morgan fingerprint density at radius 2 is 0.700 bits per heavy atom. The highest BCUT2D eigenvalue weighted by molar-refractivity contribution is 9.11. The molecule has 0 radical (unpaired) electrons. The molecule has 1 N–H and O–H groups in total. The second kappa shape index (κ2) is 18.0. The van der Waals surface area contributed by atoms with Crippen LogP contribution in [0, 0.1) is 0 Å². The highest BCUT2D eigenvalue weighted by Gasteiger charge is 2.24. The average Bonchev–Trinajstić information content (AvgIpc) is 3.09. The molecule has 0 aliphatic heterocycles. The van der Waals surface area contributed by atoms with E-state index in [0.29, 0.717) is 69.0 Å². The van der Waals surface area contributed by atoms with Crippen LogP contribution < -0.4 is 18.9 Å². The van der Waals surface area contributed by atoms with Gasteiger partial charge in [0.2, 0.25) is 0 Å². The summed E-state index contributed by atoms with van der Waals surface area (Å²) >= 11 is 11.9. The largest absolute Gasteiger partial charge is 0.494 e. The van der Waals surface area contributed by atoms with Crippen molar-refractivity contribution in [2.45, 2.75) is 79.1 Å². The van der Waals surface area contributed by atoms with Crippen molar-refractivity contribution in [3.63, 3.8) is 0 Å². The predicted octanol–water partition coefficient (Wildman–Crippen LogP) is 11.5. The lowest BCUT2D eigenvalue weighted by Gasteiger charge is -2.21. The van der Waals surface area contributed by atoms with Crippen molar-refractivity contribution in [1.29, 1.82) is 0 Å². The van der Waals surface area contributed by atoms with Gasteiger partial charge in [0.1, 0.15) is 23.0 Å². The van der Waals surface area contributed by atoms with Gasteiger partial charge >= 0.3 is 5.97 Å². The normalized spacial score (nSPS) is 12.4. The van der Waals surface area contributed by atoms with Crippen LogP contribution in [0.2, 0.25) is 0 Å². The summed E-state index contributed by atoms with van der Waals surface area (Å²) in [5.41, 5.74) is 7.76. The molecular formula is C41H45Br3O6. The van der Waals surface area contributed by atoms with Crippen molar-refractivity contribution in [2.75, 3.05) is 26.4 Å². The molecule has 0 atom stereocenters. The number of aromatic carboxylic acids is 1. The summed E-state index contributed by atoms with van der Waals surface area (Å²) < 4.78 is 27.7. The molecule has 8 bridgehead atoms. The molecule has 4 aromatic rings. The van der Waals surface area contributed by atoms with Crippen molar-refractivity contribution in [2.24, 2.45) is 0 Å². The number of hydrogen-bond acceptors (Lipinski definition) is 5. The Morgan fingerprint density at radius 3 is 0.920 bits per heavy atom. The number of carboxylic acids is 1. The van der Waals surface area contributed by atoms with Crippen LogP contribution in [0.3, 0.4) is 0 Å². The van der Waals surface area contributed by atoms with Crippen molar-refractivity contribution >= 4 is 53.8 Å². The van der Waals surface area contributed by atoms with Crippen molar-refractivity contribution in [1.82, 2.24) is 0 Å². The molecule has 0 saturated carbocycles. The van der Waals surface area contributed by atoms with E-state index in [2.05, 4.69) is 99.8 Å². The summed E-state index contributed by atoms with van der Waals surface area (Å²) in [5.74, 6) is 2.02. The van der Waals surface area contributed by atoms with E-state index < -0.39 is 5.97 Å². The summed E-state index contributed by atoms with van der Waals surface area (Å²) in [5, 5.41) is 10.8. The highest BCUT2D eigenvalue weighted by atomic mass is 79.9. The van der Waals surface area contributed by atoms with E-state index in [1.807, 2.05) is 24.3 Å². The van der Waals surface area contributed by atoms with Gasteiger partial charge in [0, 0.05) is 13.4 Å². The number of benzene rings is 4. The van der Waals surface area contributed by atoms with E-state index in [0.717, 1.165) is 89.7 Å². The molecule has 0 amide bonds. The molecule has 9 heteroatoms. The van der Waals surface area contributed by atoms with Gasteiger partial charge in [-0.15, -0.1) is 0 Å². The lowest BCUT2D eigenvalue weighted by molar-refractivity contribution is 0.0694. The number of ether oxygens (including phenoxy) is 4. The predicted molar refractivity (Wildman–Crippen MR) is 210 cm³/mol. The third-order valence-corrected chi connectivity index (χ3v) is 11.6. The minimum Gasteiger partial charge on any atom is -0.494 e. The van der Waals surface area contributed by atoms with Crippen LogP contribution in [-0.2, 0) is 25.7 Å². The molecule has 5 rings (SSSR count). The Labute approximate surface area is 321 Å². The summed E-state index contributed by atoms with van der Waals surface area (Å²) in [6.45, 7) is 10.6. The zero-order valence-corrected chi connectivity index (χ0v) is 34.0. The quantitative estimate of drug-likeness (QED) is 0.127. The van der Waals surface area contributed by atoms with Gasteiger partial charge in [0.25, 0.3) is 0 Å². The Morgan fingerprint density at radius 1 is 0.480 bits per heavy atom. The number of halogens is 3. The van der Waals surface area contributed by atoms with Crippen LogP contribution >= 0.6 is 47.8 Å². The van der Waals surface area contributed by atoms with Crippen LogP contribution in [0.15, 0.2) is 61.9 Å². The first-order valence-electron chi connectivity index (χ1n) is 17.5. The maximum Gasteiger partial charge on any atom is 0.336 e. The first-order chi connectivity index (χ1) is 24.1. The van der Waals surface area contributed by atoms with Crippen LogP contribution in [0.1, 0.15) is 108 Å². The molecular weight excluding hydrogens is 828 g/mol. The Bertz CT molecular complexity index is 1720. The molecule has 0 spiro atoms. The summed E-state index contributed by atoms with van der Waals surface area (Å²) in [4.78, 5) is 13.2.